The van der Waals surface area contributed by atoms with Gasteiger partial charge in [0.25, 0.3) is 0 Å². The molecule has 1 N–H and O–H groups in total. The van der Waals surface area contributed by atoms with E-state index in [9.17, 15) is 9.59 Å². The molecule has 0 spiro atoms. The topological polar surface area (TPSA) is 67.2 Å². The maximum absolute atomic E-state index is 12.9. The van der Waals surface area contributed by atoms with Crippen LogP contribution in [0.3, 0.4) is 0 Å². The summed E-state index contributed by atoms with van der Waals surface area (Å²) in [5.74, 6) is 0.748. The predicted molar refractivity (Wildman–Crippen MR) is 101 cm³/mol. The lowest BCUT2D eigenvalue weighted by Crippen LogP contribution is -2.43. The second-order valence-electron chi connectivity index (χ2n) is 7.41. The number of para-hydroxylation sites is 2. The molecule has 1 atom stereocenters. The zero-order valence-electron chi connectivity index (χ0n) is 15.9. The van der Waals surface area contributed by atoms with Crippen LogP contribution in [0.1, 0.15) is 45.9 Å². The Hall–Kier alpha value is -2.37. The van der Waals surface area contributed by atoms with Gasteiger partial charge in [0, 0.05) is 18.5 Å². The van der Waals surface area contributed by atoms with E-state index in [4.69, 9.17) is 0 Å². The first-order valence-corrected chi connectivity index (χ1v) is 9.48. The number of benzene rings is 1. The molecule has 1 unspecified atom stereocenters. The number of hydrogen-bond donors (Lipinski definition) is 1. The van der Waals surface area contributed by atoms with E-state index in [2.05, 4.69) is 17.2 Å². The third kappa shape index (κ3) is 3.89. The normalized spacial score (nSPS) is 17.7. The highest BCUT2D eigenvalue weighted by molar-refractivity contribution is 5.82. The Labute approximate surface area is 154 Å². The Morgan fingerprint density at radius 2 is 2.04 bits per heavy atom. The van der Waals surface area contributed by atoms with E-state index in [1.807, 2.05) is 47.6 Å². The molecule has 2 aromatic rings. The molecule has 26 heavy (non-hydrogen) atoms. The van der Waals surface area contributed by atoms with Crippen molar-refractivity contribution in [3.8, 4) is 0 Å². The quantitative estimate of drug-likeness (QED) is 0.896. The van der Waals surface area contributed by atoms with Crippen molar-refractivity contribution in [3.05, 3.63) is 30.1 Å². The van der Waals surface area contributed by atoms with Crippen molar-refractivity contribution in [2.75, 3.05) is 6.54 Å². The van der Waals surface area contributed by atoms with Crippen molar-refractivity contribution < 1.29 is 9.59 Å². The number of nitrogens with zero attached hydrogens (tertiary/aromatic N) is 3. The van der Waals surface area contributed by atoms with Crippen LogP contribution in [0, 0.1) is 5.92 Å². The molecular weight excluding hydrogens is 328 g/mol. The lowest BCUT2D eigenvalue weighted by molar-refractivity contribution is -0.135. The third-order valence-corrected chi connectivity index (χ3v) is 5.10. The minimum atomic E-state index is -0.0799. The van der Waals surface area contributed by atoms with Crippen molar-refractivity contribution in [2.45, 2.75) is 59.2 Å². The Morgan fingerprint density at radius 1 is 1.27 bits per heavy atom. The van der Waals surface area contributed by atoms with Crippen LogP contribution in [-0.2, 0) is 22.7 Å². The summed E-state index contributed by atoms with van der Waals surface area (Å²) in [6.45, 7) is 7.25. The van der Waals surface area contributed by atoms with Crippen LogP contribution in [0.25, 0.3) is 11.0 Å². The van der Waals surface area contributed by atoms with E-state index in [-0.39, 0.29) is 30.3 Å². The minimum Gasteiger partial charge on any atom is -0.349 e. The molecule has 1 saturated heterocycles. The maximum atomic E-state index is 12.9. The van der Waals surface area contributed by atoms with Crippen molar-refractivity contribution >= 4 is 22.8 Å². The minimum absolute atomic E-state index is 0.0143. The fraction of sp³-hybridized carbons (Fsp3) is 0.550. The molecule has 1 fully saturated rings. The molecule has 0 aliphatic carbocycles. The van der Waals surface area contributed by atoms with Gasteiger partial charge in [-0.15, -0.1) is 0 Å². The summed E-state index contributed by atoms with van der Waals surface area (Å²) in [5.41, 5.74) is 1.78. The van der Waals surface area contributed by atoms with Crippen LogP contribution in [0.2, 0.25) is 0 Å². The predicted octanol–water partition coefficient (Wildman–Crippen LogP) is 2.71. The first-order chi connectivity index (χ1) is 12.5. The Bertz CT molecular complexity index is 796. The summed E-state index contributed by atoms with van der Waals surface area (Å²) in [6.07, 6.45) is 3.32. The second kappa shape index (κ2) is 7.89. The fourth-order valence-corrected chi connectivity index (χ4v) is 3.50. The second-order valence-corrected chi connectivity index (χ2v) is 7.41. The maximum Gasteiger partial charge on any atom is 0.242 e. The number of carbonyl (C=O) groups excluding carboxylic acids is 2. The molecule has 3 rings (SSSR count). The molecular formula is C20H28N4O2. The number of aromatic nitrogens is 2. The van der Waals surface area contributed by atoms with Crippen LogP contribution in [0.15, 0.2) is 24.3 Å². The number of hydrogen-bond acceptors (Lipinski definition) is 3. The van der Waals surface area contributed by atoms with E-state index in [1.54, 1.807) is 0 Å². The first kappa shape index (κ1) is 18.4. The molecule has 2 amide bonds. The smallest absolute Gasteiger partial charge is 0.242 e. The summed E-state index contributed by atoms with van der Waals surface area (Å²) in [4.78, 5) is 31.5. The molecule has 0 saturated carbocycles. The van der Waals surface area contributed by atoms with Gasteiger partial charge >= 0.3 is 0 Å². The number of nitrogens with one attached hydrogen (secondary N) is 1. The number of rotatable bonds is 5. The molecule has 140 valence electrons. The van der Waals surface area contributed by atoms with Gasteiger partial charge in [-0.2, -0.15) is 0 Å². The highest BCUT2D eigenvalue weighted by atomic mass is 16.2. The zero-order valence-corrected chi connectivity index (χ0v) is 15.9. The summed E-state index contributed by atoms with van der Waals surface area (Å²) in [7, 11) is 0. The van der Waals surface area contributed by atoms with E-state index < -0.39 is 0 Å². The summed E-state index contributed by atoms with van der Waals surface area (Å²) in [5, 5.41) is 2.91. The molecule has 1 aliphatic rings. The molecule has 0 bridgehead atoms. The van der Waals surface area contributed by atoms with Crippen LogP contribution in [0.5, 0.6) is 0 Å². The van der Waals surface area contributed by atoms with E-state index >= 15 is 0 Å². The van der Waals surface area contributed by atoms with Gasteiger partial charge in [0.15, 0.2) is 0 Å². The van der Waals surface area contributed by atoms with Crippen molar-refractivity contribution in [1.82, 2.24) is 19.8 Å². The number of carbonyl (C=O) groups is 2. The molecule has 1 aromatic heterocycles. The standard InChI is InChI=1S/C20H28N4O2/c1-14(2)20(26)21-12-18-22-16-9-4-5-10-17(16)24(18)13-19(25)23-11-7-6-8-15(23)3/h4-5,9-10,14-15H,6-8,11-13H2,1-3H3,(H,21,26). The number of fused-ring (bicyclic) bond motifs is 1. The SMILES string of the molecule is CC(C)C(=O)NCc1nc2ccccc2n1CC(=O)N1CCCCC1C. The summed E-state index contributed by atoms with van der Waals surface area (Å²) < 4.78 is 1.94. The number of likely N-dealkylation sites (tertiary alicyclic amines) is 1. The molecule has 2 heterocycles. The van der Waals surface area contributed by atoms with Crippen molar-refractivity contribution in [3.63, 3.8) is 0 Å². The lowest BCUT2D eigenvalue weighted by Gasteiger charge is -2.33. The van der Waals surface area contributed by atoms with Crippen molar-refractivity contribution in [2.24, 2.45) is 5.92 Å². The van der Waals surface area contributed by atoms with Gasteiger partial charge in [-0.25, -0.2) is 4.98 Å². The van der Waals surface area contributed by atoms with Crippen LogP contribution in [-0.4, -0.2) is 38.9 Å². The highest BCUT2D eigenvalue weighted by Crippen LogP contribution is 2.20. The Morgan fingerprint density at radius 3 is 2.77 bits per heavy atom. The average molecular weight is 356 g/mol. The van der Waals surface area contributed by atoms with E-state index in [1.165, 1.54) is 6.42 Å². The zero-order chi connectivity index (χ0) is 18.7. The van der Waals surface area contributed by atoms with Gasteiger partial charge in [-0.3, -0.25) is 9.59 Å². The fourth-order valence-electron chi connectivity index (χ4n) is 3.50. The van der Waals surface area contributed by atoms with Crippen molar-refractivity contribution in [1.29, 1.82) is 0 Å². The number of piperidine rings is 1. The Balaban J connectivity index is 1.84. The van der Waals surface area contributed by atoms with Gasteiger partial charge in [-0.05, 0) is 38.3 Å². The molecule has 1 aliphatic heterocycles. The first-order valence-electron chi connectivity index (χ1n) is 9.48. The van der Waals surface area contributed by atoms with Gasteiger partial charge in [0.05, 0.1) is 17.6 Å². The van der Waals surface area contributed by atoms with Crippen LogP contribution >= 0.6 is 0 Å². The average Bonchev–Trinajstić information content (AvgIpc) is 2.97. The lowest BCUT2D eigenvalue weighted by atomic mass is 10.0. The molecule has 0 radical (unpaired) electrons. The number of imidazole rings is 1. The van der Waals surface area contributed by atoms with Gasteiger partial charge < -0.3 is 14.8 Å². The van der Waals surface area contributed by atoms with Crippen LogP contribution < -0.4 is 5.32 Å². The molecule has 6 nitrogen and oxygen atoms in total. The summed E-state index contributed by atoms with van der Waals surface area (Å²) in [6, 6.07) is 8.09. The monoisotopic (exact) mass is 356 g/mol. The van der Waals surface area contributed by atoms with Gasteiger partial charge in [0.2, 0.25) is 11.8 Å². The summed E-state index contributed by atoms with van der Waals surface area (Å²) >= 11 is 0. The largest absolute Gasteiger partial charge is 0.349 e. The highest BCUT2D eigenvalue weighted by Gasteiger charge is 2.24. The Kier molecular flexibility index (Phi) is 5.59. The molecule has 6 heteroatoms. The van der Waals surface area contributed by atoms with E-state index in [0.29, 0.717) is 6.54 Å². The van der Waals surface area contributed by atoms with E-state index in [0.717, 1.165) is 36.2 Å². The number of amides is 2. The van der Waals surface area contributed by atoms with Gasteiger partial charge in [0.1, 0.15) is 12.4 Å². The van der Waals surface area contributed by atoms with Crippen LogP contribution in [0.4, 0.5) is 0 Å². The third-order valence-electron chi connectivity index (χ3n) is 5.10. The molecule has 1 aromatic carbocycles. The van der Waals surface area contributed by atoms with Gasteiger partial charge in [-0.1, -0.05) is 26.0 Å².